The standard InChI is InChI=1S/C19H13N7O/c27-18-15-10-20-25(13-7-2-1-3-8-13)16(15)21-19-23-24-11-12-6-4-5-9-14(12)17(24)22-26(18)19/h1-10H,11H2,(H,21,23). The topological polar surface area (TPSA) is 80.3 Å². The van der Waals surface area contributed by atoms with Gasteiger partial charge < -0.3 is 0 Å². The molecule has 0 fully saturated rings. The molecule has 130 valence electrons. The van der Waals surface area contributed by atoms with Crippen molar-refractivity contribution in [2.45, 2.75) is 6.54 Å². The molecule has 4 aromatic rings. The summed E-state index contributed by atoms with van der Waals surface area (Å²) in [4.78, 5) is 17.7. The predicted octanol–water partition coefficient (Wildman–Crippen LogP) is 1.95. The summed E-state index contributed by atoms with van der Waals surface area (Å²) in [5.74, 6) is 1.10. The van der Waals surface area contributed by atoms with Crippen LogP contribution in [0.15, 0.2) is 70.7 Å². The highest BCUT2D eigenvalue weighted by Crippen LogP contribution is 2.27. The van der Waals surface area contributed by atoms with Gasteiger partial charge in [0.2, 0.25) is 5.95 Å². The molecule has 0 atom stereocenters. The first-order chi connectivity index (χ1) is 13.3. The minimum Gasteiger partial charge on any atom is -0.266 e. The van der Waals surface area contributed by atoms with Crippen LogP contribution < -0.4 is 11.0 Å². The molecule has 0 amide bonds. The molecule has 4 heterocycles. The van der Waals surface area contributed by atoms with E-state index in [2.05, 4.69) is 26.7 Å². The summed E-state index contributed by atoms with van der Waals surface area (Å²) >= 11 is 0. The summed E-state index contributed by atoms with van der Waals surface area (Å²) in [6.07, 6.45) is 1.54. The second kappa shape index (κ2) is 5.04. The summed E-state index contributed by atoms with van der Waals surface area (Å²) in [7, 11) is 0. The third kappa shape index (κ3) is 1.92. The van der Waals surface area contributed by atoms with Crippen molar-refractivity contribution in [3.05, 3.63) is 82.3 Å². The number of nitrogens with zero attached hydrogens (tertiary/aromatic N) is 6. The third-order valence-corrected chi connectivity index (χ3v) is 4.85. The number of hydrogen-bond donors (Lipinski definition) is 1. The summed E-state index contributed by atoms with van der Waals surface area (Å²) in [5, 5.41) is 11.3. The van der Waals surface area contributed by atoms with Gasteiger partial charge in [0.1, 0.15) is 5.39 Å². The van der Waals surface area contributed by atoms with E-state index in [1.165, 1.54) is 4.68 Å². The van der Waals surface area contributed by atoms with Crippen molar-refractivity contribution in [2.24, 2.45) is 5.10 Å². The van der Waals surface area contributed by atoms with E-state index in [9.17, 15) is 4.79 Å². The van der Waals surface area contributed by atoms with Crippen molar-refractivity contribution in [1.29, 1.82) is 0 Å². The van der Waals surface area contributed by atoms with E-state index < -0.39 is 0 Å². The number of benzene rings is 2. The maximum absolute atomic E-state index is 13.0. The minimum absolute atomic E-state index is 0.249. The van der Waals surface area contributed by atoms with Crippen LogP contribution in [0.5, 0.6) is 0 Å². The average molecular weight is 355 g/mol. The van der Waals surface area contributed by atoms with Crippen molar-refractivity contribution in [3.63, 3.8) is 0 Å². The van der Waals surface area contributed by atoms with E-state index in [1.54, 1.807) is 10.9 Å². The van der Waals surface area contributed by atoms with Crippen molar-refractivity contribution in [1.82, 2.24) is 24.4 Å². The van der Waals surface area contributed by atoms with Crippen molar-refractivity contribution >= 4 is 22.8 Å². The van der Waals surface area contributed by atoms with Crippen molar-refractivity contribution < 1.29 is 0 Å². The minimum atomic E-state index is -0.249. The van der Waals surface area contributed by atoms with Crippen LogP contribution in [0.3, 0.4) is 0 Å². The van der Waals surface area contributed by atoms with Crippen LogP contribution in [0, 0.1) is 0 Å². The van der Waals surface area contributed by atoms with Gasteiger partial charge >= 0.3 is 0 Å². The van der Waals surface area contributed by atoms with Gasteiger partial charge in [-0.1, -0.05) is 42.5 Å². The number of amidine groups is 1. The molecule has 2 aliphatic rings. The number of anilines is 1. The Kier molecular flexibility index (Phi) is 2.66. The molecular formula is C19H13N7O. The number of aromatic nitrogens is 4. The van der Waals surface area contributed by atoms with Crippen LogP contribution in [0.4, 0.5) is 5.95 Å². The molecular weight excluding hydrogens is 342 g/mol. The second-order valence-electron chi connectivity index (χ2n) is 6.46. The number of fused-ring (bicyclic) bond motifs is 5. The first-order valence-electron chi connectivity index (χ1n) is 8.57. The van der Waals surface area contributed by atoms with Crippen LogP contribution in [0.1, 0.15) is 11.1 Å². The Morgan fingerprint density at radius 2 is 1.81 bits per heavy atom. The third-order valence-electron chi connectivity index (χ3n) is 4.85. The number of hydrogen-bond acceptors (Lipinski definition) is 6. The van der Waals surface area contributed by atoms with Gasteiger partial charge in [-0.15, -0.1) is 5.10 Å². The zero-order valence-corrected chi connectivity index (χ0v) is 14.1. The van der Waals surface area contributed by atoms with Gasteiger partial charge in [-0.25, -0.2) is 4.68 Å². The van der Waals surface area contributed by atoms with E-state index in [0.29, 0.717) is 23.5 Å². The molecule has 0 saturated carbocycles. The van der Waals surface area contributed by atoms with Gasteiger partial charge in [0.15, 0.2) is 11.5 Å². The van der Waals surface area contributed by atoms with E-state index in [4.69, 9.17) is 0 Å². The van der Waals surface area contributed by atoms with Gasteiger partial charge in [0.05, 0.1) is 18.4 Å². The molecule has 0 radical (unpaired) electrons. The van der Waals surface area contributed by atoms with E-state index >= 15 is 0 Å². The Balaban J connectivity index is 1.58. The summed E-state index contributed by atoms with van der Waals surface area (Å²) in [6.45, 7) is 0.668. The van der Waals surface area contributed by atoms with Gasteiger partial charge in [-0.2, -0.15) is 14.8 Å². The zero-order chi connectivity index (χ0) is 18.0. The molecule has 6 rings (SSSR count). The largest absolute Gasteiger partial charge is 0.286 e. The lowest BCUT2D eigenvalue weighted by Gasteiger charge is -2.25. The predicted molar refractivity (Wildman–Crippen MR) is 101 cm³/mol. The Morgan fingerprint density at radius 1 is 1.00 bits per heavy atom. The molecule has 0 unspecified atom stereocenters. The molecule has 1 N–H and O–H groups in total. The van der Waals surface area contributed by atoms with Gasteiger partial charge in [-0.3, -0.25) is 15.2 Å². The molecule has 8 nitrogen and oxygen atoms in total. The van der Waals surface area contributed by atoms with Crippen LogP contribution in [-0.4, -0.2) is 30.3 Å². The lowest BCUT2D eigenvalue weighted by atomic mass is 10.1. The second-order valence-corrected chi connectivity index (χ2v) is 6.46. The molecule has 8 heteroatoms. The van der Waals surface area contributed by atoms with E-state index in [-0.39, 0.29) is 5.56 Å². The fourth-order valence-electron chi connectivity index (χ4n) is 3.56. The first-order valence-corrected chi connectivity index (χ1v) is 8.57. The smallest absolute Gasteiger partial charge is 0.266 e. The fraction of sp³-hybridized carbons (Fsp3) is 0.0526. The maximum Gasteiger partial charge on any atom is 0.286 e. The molecule has 27 heavy (non-hydrogen) atoms. The monoisotopic (exact) mass is 355 g/mol. The lowest BCUT2D eigenvalue weighted by Crippen LogP contribution is -2.39. The maximum atomic E-state index is 13.0. The summed E-state index contributed by atoms with van der Waals surface area (Å²) in [6, 6.07) is 17.6. The van der Waals surface area contributed by atoms with Crippen molar-refractivity contribution in [2.75, 3.05) is 5.43 Å². The van der Waals surface area contributed by atoms with Crippen LogP contribution in [0.25, 0.3) is 16.7 Å². The van der Waals surface area contributed by atoms with Gasteiger partial charge in [0.25, 0.3) is 5.56 Å². The fourth-order valence-corrected chi connectivity index (χ4v) is 3.56. The number of rotatable bonds is 1. The number of para-hydroxylation sites is 1. The molecule has 2 aromatic heterocycles. The lowest BCUT2D eigenvalue weighted by molar-refractivity contribution is 0.479. The highest BCUT2D eigenvalue weighted by molar-refractivity contribution is 6.03. The van der Waals surface area contributed by atoms with Crippen LogP contribution in [0.2, 0.25) is 0 Å². The zero-order valence-electron chi connectivity index (χ0n) is 14.1. The molecule has 0 saturated heterocycles. The van der Waals surface area contributed by atoms with Crippen molar-refractivity contribution in [3.8, 4) is 5.69 Å². The van der Waals surface area contributed by atoms with Gasteiger partial charge in [0, 0.05) is 5.56 Å². The Morgan fingerprint density at radius 3 is 2.70 bits per heavy atom. The normalized spacial score (nSPS) is 14.4. The first kappa shape index (κ1) is 14.3. The Hall–Kier alpha value is -3.94. The highest BCUT2D eigenvalue weighted by Gasteiger charge is 2.31. The summed E-state index contributed by atoms with van der Waals surface area (Å²) < 4.78 is 2.98. The number of hydrazine groups is 1. The van der Waals surface area contributed by atoms with E-state index in [0.717, 1.165) is 22.6 Å². The number of nitrogens with one attached hydrogen (secondary N) is 1. The Labute approximate surface area is 153 Å². The SMILES string of the molecule is O=c1c2cnn(-c3ccccc3)c2nc2n1N=C1c3ccccc3CN1N2. The molecule has 0 spiro atoms. The molecule has 2 aliphatic heterocycles. The quantitative estimate of drug-likeness (QED) is 0.564. The summed E-state index contributed by atoms with van der Waals surface area (Å²) in [5.41, 5.74) is 6.49. The van der Waals surface area contributed by atoms with Crippen LogP contribution in [-0.2, 0) is 6.54 Å². The average Bonchev–Trinajstić information content (AvgIpc) is 3.29. The molecule has 0 bridgehead atoms. The van der Waals surface area contributed by atoms with Gasteiger partial charge in [-0.05, 0) is 17.7 Å². The molecule has 0 aliphatic carbocycles. The molecule has 2 aromatic carbocycles. The Bertz CT molecular complexity index is 1300. The highest BCUT2D eigenvalue weighted by atomic mass is 16.1. The van der Waals surface area contributed by atoms with E-state index in [1.807, 2.05) is 53.5 Å². The van der Waals surface area contributed by atoms with Crippen LogP contribution >= 0.6 is 0 Å².